The lowest BCUT2D eigenvalue weighted by molar-refractivity contribution is -0.148. The summed E-state index contributed by atoms with van der Waals surface area (Å²) >= 11 is 0. The van der Waals surface area contributed by atoms with Crippen LogP contribution in [0.1, 0.15) is 40.8 Å². The van der Waals surface area contributed by atoms with E-state index in [-0.39, 0.29) is 23.5 Å². The Morgan fingerprint density at radius 2 is 1.59 bits per heavy atom. The highest BCUT2D eigenvalue weighted by molar-refractivity contribution is 5.77. The van der Waals surface area contributed by atoms with Gasteiger partial charge in [0, 0.05) is 38.0 Å². The van der Waals surface area contributed by atoms with E-state index in [1.807, 2.05) is 0 Å². The molecule has 0 saturated carbocycles. The van der Waals surface area contributed by atoms with Crippen LogP contribution in [0, 0.1) is 17.5 Å². The molecule has 0 spiro atoms. The topological polar surface area (TPSA) is 77.0 Å². The van der Waals surface area contributed by atoms with Gasteiger partial charge in [-0.25, -0.2) is 13.2 Å². The molecule has 3 aromatic rings. The van der Waals surface area contributed by atoms with Gasteiger partial charge in [0.25, 0.3) is 0 Å². The molecular formula is C24H20F9N5O. The molecule has 210 valence electrons. The molecular weight excluding hydrogens is 545 g/mol. The van der Waals surface area contributed by atoms with Gasteiger partial charge in [-0.3, -0.25) is 4.79 Å². The molecule has 2 aromatic carbocycles. The van der Waals surface area contributed by atoms with Gasteiger partial charge in [-0.2, -0.15) is 26.3 Å². The van der Waals surface area contributed by atoms with Crippen molar-refractivity contribution in [1.82, 2.24) is 19.7 Å². The van der Waals surface area contributed by atoms with Crippen molar-refractivity contribution in [3.8, 4) is 0 Å². The van der Waals surface area contributed by atoms with Gasteiger partial charge in [0.05, 0.1) is 11.6 Å². The normalized spacial score (nSPS) is 16.8. The van der Waals surface area contributed by atoms with Gasteiger partial charge in [0.15, 0.2) is 17.5 Å². The Bertz CT molecular complexity index is 1370. The Balaban J connectivity index is 1.64. The van der Waals surface area contributed by atoms with Crippen molar-refractivity contribution < 1.29 is 44.3 Å². The molecule has 6 nitrogen and oxygen atoms in total. The second-order valence-electron chi connectivity index (χ2n) is 9.02. The lowest BCUT2D eigenvalue weighted by Gasteiger charge is -2.37. The largest absolute Gasteiger partial charge is 0.451 e. The van der Waals surface area contributed by atoms with Crippen molar-refractivity contribution in [1.29, 1.82) is 0 Å². The number of alkyl halides is 6. The molecule has 1 amide bonds. The number of fused-ring (bicyclic) bond motifs is 1. The van der Waals surface area contributed by atoms with Crippen molar-refractivity contribution in [3.05, 3.63) is 82.2 Å². The van der Waals surface area contributed by atoms with Gasteiger partial charge in [0.2, 0.25) is 11.7 Å². The van der Waals surface area contributed by atoms with E-state index in [9.17, 15) is 44.3 Å². The summed E-state index contributed by atoms with van der Waals surface area (Å²) in [7, 11) is 0. The third-order valence-electron chi connectivity index (χ3n) is 6.34. The molecule has 4 rings (SSSR count). The Morgan fingerprint density at radius 3 is 2.26 bits per heavy atom. The zero-order chi connectivity index (χ0) is 28.7. The molecule has 1 aromatic heterocycles. The number of nitrogens with zero attached hydrogens (tertiary/aromatic N) is 4. The maximum Gasteiger partial charge on any atom is 0.451 e. The number of carbonyl (C=O) groups excluding carboxylic acids is 1. The van der Waals surface area contributed by atoms with E-state index in [0.717, 1.165) is 23.1 Å². The number of benzene rings is 2. The second kappa shape index (κ2) is 10.5. The molecule has 0 saturated heterocycles. The average molecular weight is 565 g/mol. The summed E-state index contributed by atoms with van der Waals surface area (Å²) < 4.78 is 123. The van der Waals surface area contributed by atoms with E-state index in [2.05, 4.69) is 10.2 Å². The Labute approximate surface area is 215 Å². The molecule has 1 aliphatic rings. The standard InChI is InChI=1S/C24H20F9N5O/c25-16-11-18(27)17(26)8-13(16)7-14(34)10-20(39)37-5-6-38-21(35-36-22(38)24(31,32)33)19(37)9-12-3-1-2-4-15(12)23(28,29)30/h1-4,8,11,14,19H,5-7,9-10,34H2/t14-,19-/m1/s1. The summed E-state index contributed by atoms with van der Waals surface area (Å²) in [5, 5.41) is 6.72. The molecule has 2 N–H and O–H groups in total. The average Bonchev–Trinajstić information content (AvgIpc) is 3.27. The van der Waals surface area contributed by atoms with E-state index in [1.54, 1.807) is 0 Å². The SMILES string of the molecule is N[C@@H](CC(=O)N1CCn2c(nnc2C(F)(F)F)[C@H]1Cc1ccccc1C(F)(F)F)Cc1cc(F)c(F)cc1F. The fourth-order valence-corrected chi connectivity index (χ4v) is 4.59. The van der Waals surface area contributed by atoms with Crippen LogP contribution in [0.25, 0.3) is 0 Å². The Kier molecular flexibility index (Phi) is 7.65. The van der Waals surface area contributed by atoms with E-state index < -0.39 is 85.0 Å². The third-order valence-corrected chi connectivity index (χ3v) is 6.34. The number of rotatable bonds is 6. The molecule has 0 aliphatic carbocycles. The number of hydrogen-bond donors (Lipinski definition) is 1. The smallest absolute Gasteiger partial charge is 0.330 e. The van der Waals surface area contributed by atoms with Crippen LogP contribution in [0.15, 0.2) is 36.4 Å². The molecule has 39 heavy (non-hydrogen) atoms. The third kappa shape index (κ3) is 6.02. The van der Waals surface area contributed by atoms with Gasteiger partial charge in [-0.05, 0) is 29.7 Å². The van der Waals surface area contributed by atoms with Gasteiger partial charge in [0.1, 0.15) is 5.82 Å². The number of amides is 1. The molecule has 1 aliphatic heterocycles. The van der Waals surface area contributed by atoms with Crippen molar-refractivity contribution in [3.63, 3.8) is 0 Å². The summed E-state index contributed by atoms with van der Waals surface area (Å²) in [6, 6.07) is 2.83. The van der Waals surface area contributed by atoms with Crippen LogP contribution in [-0.2, 0) is 36.5 Å². The monoisotopic (exact) mass is 565 g/mol. The molecule has 0 bridgehead atoms. The summed E-state index contributed by atoms with van der Waals surface area (Å²) in [5.41, 5.74) is 4.32. The highest BCUT2D eigenvalue weighted by Crippen LogP contribution is 2.38. The van der Waals surface area contributed by atoms with Gasteiger partial charge in [-0.1, -0.05) is 18.2 Å². The highest BCUT2D eigenvalue weighted by Gasteiger charge is 2.43. The van der Waals surface area contributed by atoms with Crippen molar-refractivity contribution in [2.75, 3.05) is 6.54 Å². The molecule has 2 heterocycles. The molecule has 0 radical (unpaired) electrons. The molecule has 0 unspecified atom stereocenters. The van der Waals surface area contributed by atoms with Crippen LogP contribution in [0.3, 0.4) is 0 Å². The minimum absolute atomic E-state index is 0.286. The van der Waals surface area contributed by atoms with Gasteiger partial charge in [-0.15, -0.1) is 10.2 Å². The Hall–Kier alpha value is -3.62. The zero-order valence-corrected chi connectivity index (χ0v) is 19.8. The van der Waals surface area contributed by atoms with Gasteiger partial charge < -0.3 is 15.2 Å². The van der Waals surface area contributed by atoms with Crippen LogP contribution in [0.5, 0.6) is 0 Å². The first-order chi connectivity index (χ1) is 18.2. The predicted molar refractivity (Wildman–Crippen MR) is 117 cm³/mol. The van der Waals surface area contributed by atoms with Crippen LogP contribution in [0.2, 0.25) is 0 Å². The maximum atomic E-state index is 14.0. The summed E-state index contributed by atoms with van der Waals surface area (Å²) in [4.78, 5) is 14.3. The predicted octanol–water partition coefficient (Wildman–Crippen LogP) is 4.82. The molecule has 15 heteroatoms. The number of nitrogens with two attached hydrogens (primary N) is 1. The number of hydrogen-bond acceptors (Lipinski definition) is 4. The summed E-state index contributed by atoms with van der Waals surface area (Å²) in [6.07, 6.45) is -11.1. The fraction of sp³-hybridized carbons (Fsp3) is 0.375. The van der Waals surface area contributed by atoms with Crippen LogP contribution in [-0.4, -0.2) is 38.2 Å². The first-order valence-corrected chi connectivity index (χ1v) is 11.5. The lowest BCUT2D eigenvalue weighted by Crippen LogP contribution is -2.46. The summed E-state index contributed by atoms with van der Waals surface area (Å²) in [5.74, 6) is -6.32. The molecule has 2 atom stereocenters. The number of aromatic nitrogens is 3. The van der Waals surface area contributed by atoms with Crippen molar-refractivity contribution >= 4 is 5.91 Å². The van der Waals surface area contributed by atoms with E-state index >= 15 is 0 Å². The van der Waals surface area contributed by atoms with E-state index in [4.69, 9.17) is 5.73 Å². The Morgan fingerprint density at radius 1 is 0.923 bits per heavy atom. The fourth-order valence-electron chi connectivity index (χ4n) is 4.59. The first-order valence-electron chi connectivity index (χ1n) is 11.5. The van der Waals surface area contributed by atoms with E-state index in [0.29, 0.717) is 16.7 Å². The first kappa shape index (κ1) is 28.4. The van der Waals surface area contributed by atoms with Crippen LogP contribution >= 0.6 is 0 Å². The summed E-state index contributed by atoms with van der Waals surface area (Å²) in [6.45, 7) is -0.731. The minimum Gasteiger partial charge on any atom is -0.330 e. The highest BCUT2D eigenvalue weighted by atomic mass is 19.4. The van der Waals surface area contributed by atoms with E-state index in [1.165, 1.54) is 6.07 Å². The van der Waals surface area contributed by atoms with Crippen molar-refractivity contribution in [2.45, 2.75) is 50.2 Å². The number of halogens is 9. The van der Waals surface area contributed by atoms with Crippen LogP contribution in [0.4, 0.5) is 39.5 Å². The van der Waals surface area contributed by atoms with Crippen molar-refractivity contribution in [2.24, 2.45) is 5.73 Å². The van der Waals surface area contributed by atoms with Gasteiger partial charge >= 0.3 is 12.4 Å². The lowest BCUT2D eigenvalue weighted by atomic mass is 9.96. The second-order valence-corrected chi connectivity index (χ2v) is 9.02. The number of carbonyl (C=O) groups is 1. The zero-order valence-electron chi connectivity index (χ0n) is 19.8. The maximum absolute atomic E-state index is 14.0. The minimum atomic E-state index is -4.90. The quantitative estimate of drug-likeness (QED) is 0.344. The molecule has 0 fully saturated rings. The van der Waals surface area contributed by atoms with Crippen LogP contribution < -0.4 is 5.73 Å².